The van der Waals surface area contributed by atoms with E-state index in [2.05, 4.69) is 41.5 Å². The van der Waals surface area contributed by atoms with Gasteiger partial charge < -0.3 is 33.8 Å². The van der Waals surface area contributed by atoms with Crippen molar-refractivity contribution in [2.45, 2.75) is 484 Å². The van der Waals surface area contributed by atoms with Gasteiger partial charge >= 0.3 is 39.5 Å². The van der Waals surface area contributed by atoms with Crippen molar-refractivity contribution < 1.29 is 80.2 Å². The van der Waals surface area contributed by atoms with E-state index in [1.165, 1.54) is 276 Å². The Morgan fingerprint density at radius 3 is 0.642 bits per heavy atom. The van der Waals surface area contributed by atoms with Crippen molar-refractivity contribution in [3.8, 4) is 0 Å². The second kappa shape index (κ2) is 78.3. The van der Waals surface area contributed by atoms with Crippen molar-refractivity contribution in [1.29, 1.82) is 0 Å². The maximum absolute atomic E-state index is 13.2. The zero-order valence-electron chi connectivity index (χ0n) is 69.7. The Balaban J connectivity index is 5.22. The van der Waals surface area contributed by atoms with E-state index < -0.39 is 97.5 Å². The molecule has 0 aliphatic rings. The predicted molar refractivity (Wildman–Crippen MR) is 437 cm³/mol. The molecule has 3 N–H and O–H groups in total. The zero-order chi connectivity index (χ0) is 77.8. The van der Waals surface area contributed by atoms with Crippen LogP contribution in [0.4, 0.5) is 0 Å². The number of aliphatic hydroxyl groups excluding tert-OH is 1. The van der Waals surface area contributed by atoms with E-state index in [0.29, 0.717) is 31.6 Å². The van der Waals surface area contributed by atoms with Crippen LogP contribution in [0.5, 0.6) is 0 Å². The molecule has 0 aromatic heterocycles. The number of ether oxygens (including phenoxy) is 4. The number of hydrogen-bond donors (Lipinski definition) is 3. The summed E-state index contributed by atoms with van der Waals surface area (Å²) >= 11 is 0. The van der Waals surface area contributed by atoms with Gasteiger partial charge in [0.05, 0.1) is 26.4 Å². The number of phosphoric ester groups is 2. The van der Waals surface area contributed by atoms with Gasteiger partial charge in [0.1, 0.15) is 19.3 Å². The highest BCUT2D eigenvalue weighted by Crippen LogP contribution is 2.45. The molecule has 19 heteroatoms. The summed E-state index contributed by atoms with van der Waals surface area (Å²) in [6, 6.07) is 0. The maximum Gasteiger partial charge on any atom is 0.472 e. The molecule has 5 atom stereocenters. The number of aliphatic hydroxyl groups is 1. The van der Waals surface area contributed by atoms with Gasteiger partial charge in [0.15, 0.2) is 12.2 Å². The lowest BCUT2D eigenvalue weighted by Gasteiger charge is -2.21. The monoisotopic (exact) mass is 1550 g/mol. The molecule has 0 aromatic rings. The van der Waals surface area contributed by atoms with Gasteiger partial charge in [-0.05, 0) is 37.5 Å². The first-order valence-corrected chi connectivity index (χ1v) is 48.0. The maximum atomic E-state index is 13.2. The summed E-state index contributed by atoms with van der Waals surface area (Å²) in [5.41, 5.74) is 0. The Morgan fingerprint density at radius 1 is 0.255 bits per heavy atom. The van der Waals surface area contributed by atoms with E-state index in [1.807, 2.05) is 0 Å². The summed E-state index contributed by atoms with van der Waals surface area (Å²) in [5.74, 6) is -0.598. The van der Waals surface area contributed by atoms with Crippen molar-refractivity contribution in [3.05, 3.63) is 0 Å². The molecular weight excluding hydrogens is 1380 g/mol. The lowest BCUT2D eigenvalue weighted by molar-refractivity contribution is -0.161. The average molecular weight is 1550 g/mol. The number of carbonyl (C=O) groups is 4. The molecule has 0 radical (unpaired) electrons. The predicted octanol–water partition coefficient (Wildman–Crippen LogP) is 26.6. The highest BCUT2D eigenvalue weighted by atomic mass is 31.2. The van der Waals surface area contributed by atoms with E-state index in [1.54, 1.807) is 0 Å². The molecular formula is C87H170O17P2. The first kappa shape index (κ1) is 104. The Hall–Kier alpha value is -1.94. The number of unbranched alkanes of at least 4 members (excludes halogenated alkanes) is 56. The quantitative estimate of drug-likeness (QED) is 0.0222. The van der Waals surface area contributed by atoms with Crippen LogP contribution in [-0.4, -0.2) is 96.7 Å². The number of rotatable bonds is 86. The van der Waals surface area contributed by atoms with Gasteiger partial charge in [-0.25, -0.2) is 9.13 Å². The van der Waals surface area contributed by atoms with E-state index in [0.717, 1.165) is 102 Å². The molecule has 0 aliphatic heterocycles. The smallest absolute Gasteiger partial charge is 0.462 e. The Kier molecular flexibility index (Phi) is 76.9. The van der Waals surface area contributed by atoms with Crippen molar-refractivity contribution in [3.63, 3.8) is 0 Å². The van der Waals surface area contributed by atoms with E-state index in [4.69, 9.17) is 37.0 Å². The van der Waals surface area contributed by atoms with E-state index in [9.17, 15) is 43.2 Å². The molecule has 0 bridgehead atoms. The molecule has 630 valence electrons. The van der Waals surface area contributed by atoms with Crippen LogP contribution in [0.3, 0.4) is 0 Å². The van der Waals surface area contributed by atoms with Gasteiger partial charge in [-0.3, -0.25) is 37.3 Å². The SMILES string of the molecule is CCCCCCCCCCCCCCCCCCCCCCCCC(=O)O[C@H](COC(=O)CCCCCCCCCCCCCCCCC(C)C)COP(=O)(O)OC[C@@H](O)COP(=O)(O)OC[C@@H](COC(=O)CCCCCCCCCC(C)C)OC(=O)CCCCCCCCCCCCCCCCCCC. The molecule has 0 rings (SSSR count). The summed E-state index contributed by atoms with van der Waals surface area (Å²) < 4.78 is 68.9. The van der Waals surface area contributed by atoms with Gasteiger partial charge in [-0.15, -0.1) is 0 Å². The Bertz CT molecular complexity index is 2030. The highest BCUT2D eigenvalue weighted by molar-refractivity contribution is 7.47. The van der Waals surface area contributed by atoms with E-state index >= 15 is 0 Å². The van der Waals surface area contributed by atoms with E-state index in [-0.39, 0.29) is 25.7 Å². The summed E-state index contributed by atoms with van der Waals surface area (Å²) in [5, 5.41) is 10.7. The molecule has 2 unspecified atom stereocenters. The van der Waals surface area contributed by atoms with Gasteiger partial charge in [-0.1, -0.05) is 414 Å². The molecule has 106 heavy (non-hydrogen) atoms. The highest BCUT2D eigenvalue weighted by Gasteiger charge is 2.30. The molecule has 0 fully saturated rings. The van der Waals surface area contributed by atoms with Crippen molar-refractivity contribution in [1.82, 2.24) is 0 Å². The van der Waals surface area contributed by atoms with Crippen molar-refractivity contribution in [2.24, 2.45) is 11.8 Å². The van der Waals surface area contributed by atoms with Crippen molar-refractivity contribution >= 4 is 39.5 Å². The lowest BCUT2D eigenvalue weighted by atomic mass is 10.0. The number of phosphoric acid groups is 2. The average Bonchev–Trinajstić information content (AvgIpc) is 0.902. The number of esters is 4. The van der Waals surface area contributed by atoms with Gasteiger partial charge in [0, 0.05) is 25.7 Å². The molecule has 0 saturated carbocycles. The summed E-state index contributed by atoms with van der Waals surface area (Å²) in [7, 11) is -9.93. The summed E-state index contributed by atoms with van der Waals surface area (Å²) in [4.78, 5) is 73.2. The van der Waals surface area contributed by atoms with Crippen LogP contribution in [0.1, 0.15) is 465 Å². The van der Waals surface area contributed by atoms with Crippen LogP contribution in [0.25, 0.3) is 0 Å². The Morgan fingerprint density at radius 2 is 0.434 bits per heavy atom. The minimum absolute atomic E-state index is 0.108. The second-order valence-corrected chi connectivity index (χ2v) is 35.1. The van der Waals surface area contributed by atoms with Crippen LogP contribution < -0.4 is 0 Å². The number of hydrogen-bond acceptors (Lipinski definition) is 15. The zero-order valence-corrected chi connectivity index (χ0v) is 71.5. The fourth-order valence-corrected chi connectivity index (χ4v) is 15.2. The summed E-state index contributed by atoms with van der Waals surface area (Å²) in [6.45, 7) is 9.64. The molecule has 0 heterocycles. The van der Waals surface area contributed by atoms with Gasteiger partial charge in [0.25, 0.3) is 0 Å². The molecule has 0 saturated heterocycles. The largest absolute Gasteiger partial charge is 0.472 e. The minimum atomic E-state index is -4.97. The van der Waals surface area contributed by atoms with Crippen LogP contribution in [-0.2, 0) is 65.4 Å². The van der Waals surface area contributed by atoms with Gasteiger partial charge in [-0.2, -0.15) is 0 Å². The van der Waals surface area contributed by atoms with Crippen molar-refractivity contribution in [2.75, 3.05) is 39.6 Å². The first-order chi connectivity index (χ1) is 51.4. The third kappa shape index (κ3) is 80.1. The third-order valence-corrected chi connectivity index (χ3v) is 22.4. The molecule has 0 spiro atoms. The van der Waals surface area contributed by atoms with Crippen LogP contribution in [0, 0.1) is 11.8 Å². The standard InChI is InChI=1S/C87H170O17P2/c1-7-9-11-13-15-17-19-21-23-25-26-27-28-29-31-33-39-43-47-53-60-66-71-86(91)103-82(75-97-84(89)69-63-57-51-45-41-37-35-34-36-40-44-49-55-61-67-79(3)4)77-101-105(93,94)99-73-81(88)74-100-106(95,96)102-78-83(76-98-85(90)70-64-58-54-48-50-56-62-68-80(5)6)104-87(92)72-65-59-52-46-42-38-32-30-24-22-20-18-16-14-12-10-8-2/h79-83,88H,7-78H2,1-6H3,(H,93,94)(H,95,96)/t81-,82-,83-/m1/s1. The minimum Gasteiger partial charge on any atom is -0.462 e. The topological polar surface area (TPSA) is 237 Å². The molecule has 0 aromatic carbocycles. The first-order valence-electron chi connectivity index (χ1n) is 45.0. The fraction of sp³-hybridized carbons (Fsp3) is 0.954. The molecule has 0 aliphatic carbocycles. The molecule has 0 amide bonds. The molecule has 17 nitrogen and oxygen atoms in total. The Labute approximate surface area is 651 Å². The second-order valence-electron chi connectivity index (χ2n) is 32.2. The van der Waals surface area contributed by atoms with Gasteiger partial charge in [0.2, 0.25) is 0 Å². The summed E-state index contributed by atoms with van der Waals surface area (Å²) in [6.07, 6.45) is 71.0. The van der Waals surface area contributed by atoms with Crippen LogP contribution in [0.2, 0.25) is 0 Å². The third-order valence-electron chi connectivity index (χ3n) is 20.5. The van der Waals surface area contributed by atoms with Crippen LogP contribution in [0.15, 0.2) is 0 Å². The van der Waals surface area contributed by atoms with Crippen LogP contribution >= 0.6 is 15.6 Å². The fourth-order valence-electron chi connectivity index (χ4n) is 13.6. The normalized spacial score (nSPS) is 13.8. The lowest BCUT2D eigenvalue weighted by Crippen LogP contribution is -2.30. The number of carbonyl (C=O) groups excluding carboxylic acids is 4.